The van der Waals surface area contributed by atoms with Crippen molar-refractivity contribution in [1.29, 1.82) is 0 Å². The van der Waals surface area contributed by atoms with Gasteiger partial charge in [-0.15, -0.1) is 0 Å². The van der Waals surface area contributed by atoms with Crippen LogP contribution in [0.1, 0.15) is 27.2 Å². The second-order valence-corrected chi connectivity index (χ2v) is 5.89. The molecule has 0 aliphatic heterocycles. The molecule has 1 heterocycles. The fraction of sp³-hybridized carbons (Fsp3) is 0.400. The summed E-state index contributed by atoms with van der Waals surface area (Å²) in [4.78, 5) is 0. The number of rotatable bonds is 3. The zero-order valence-corrected chi connectivity index (χ0v) is 11.4. The maximum absolute atomic E-state index is 5.97. The van der Waals surface area contributed by atoms with Crippen LogP contribution in [0.2, 0.25) is 0 Å². The summed E-state index contributed by atoms with van der Waals surface area (Å²) in [6.45, 7) is 7.67. The Morgan fingerprint density at radius 2 is 1.94 bits per heavy atom. The number of hydrogen-bond acceptors (Lipinski definition) is 2. The lowest BCUT2D eigenvalue weighted by molar-refractivity contribution is 0.341. The first-order valence-corrected chi connectivity index (χ1v) is 6.33. The normalized spacial score (nSPS) is 11.7. The van der Waals surface area contributed by atoms with Crippen LogP contribution in [0.15, 0.2) is 36.7 Å². The average Bonchev–Trinajstić information content (AvgIpc) is 2.75. The summed E-state index contributed by atoms with van der Waals surface area (Å²) in [5, 5.41) is 4.40. The van der Waals surface area contributed by atoms with Crippen LogP contribution in [-0.4, -0.2) is 9.78 Å². The molecule has 0 fully saturated rings. The molecular weight excluding hydrogens is 222 g/mol. The molecule has 18 heavy (non-hydrogen) atoms. The molecule has 1 aromatic heterocycles. The molecule has 0 bridgehead atoms. The lowest BCUT2D eigenvalue weighted by Gasteiger charge is -2.17. The molecule has 2 N–H and O–H groups in total. The van der Waals surface area contributed by atoms with Crippen LogP contribution >= 0.6 is 0 Å². The highest BCUT2D eigenvalue weighted by Crippen LogP contribution is 2.25. The first kappa shape index (κ1) is 12.7. The van der Waals surface area contributed by atoms with E-state index in [1.165, 1.54) is 0 Å². The maximum atomic E-state index is 5.97. The van der Waals surface area contributed by atoms with Crippen molar-refractivity contribution in [2.24, 2.45) is 5.41 Å². The monoisotopic (exact) mass is 243 g/mol. The molecule has 0 unspecified atom stereocenters. The van der Waals surface area contributed by atoms with Gasteiger partial charge in [0.15, 0.2) is 0 Å². The number of hydrogen-bond donors (Lipinski definition) is 1. The van der Waals surface area contributed by atoms with Gasteiger partial charge in [0.05, 0.1) is 6.20 Å². The Bertz CT molecular complexity index is 521. The van der Waals surface area contributed by atoms with Crippen molar-refractivity contribution in [3.05, 3.63) is 36.7 Å². The van der Waals surface area contributed by atoms with E-state index in [4.69, 9.17) is 5.73 Å². The summed E-state index contributed by atoms with van der Waals surface area (Å²) in [6, 6.07) is 7.89. The molecule has 2 aromatic rings. The molecule has 3 heteroatoms. The van der Waals surface area contributed by atoms with E-state index < -0.39 is 0 Å². The number of nitrogens with two attached hydrogens (primary N) is 1. The van der Waals surface area contributed by atoms with Gasteiger partial charge in [0, 0.05) is 29.6 Å². The Kier molecular flexibility index (Phi) is 3.41. The van der Waals surface area contributed by atoms with Crippen LogP contribution in [0.5, 0.6) is 0 Å². The summed E-state index contributed by atoms with van der Waals surface area (Å²) in [7, 11) is 0. The van der Waals surface area contributed by atoms with E-state index >= 15 is 0 Å². The lowest BCUT2D eigenvalue weighted by Crippen LogP contribution is -2.10. The van der Waals surface area contributed by atoms with Gasteiger partial charge in [-0.3, -0.25) is 4.68 Å². The molecule has 0 spiro atoms. The third-order valence-electron chi connectivity index (χ3n) is 3.00. The molecule has 0 radical (unpaired) electrons. The first-order chi connectivity index (χ1) is 8.46. The Morgan fingerprint density at radius 3 is 2.61 bits per heavy atom. The number of nitrogens with zero attached hydrogens (tertiary/aromatic N) is 2. The van der Waals surface area contributed by atoms with Crippen molar-refractivity contribution in [1.82, 2.24) is 9.78 Å². The van der Waals surface area contributed by atoms with Gasteiger partial charge in [-0.2, -0.15) is 5.10 Å². The van der Waals surface area contributed by atoms with Crippen LogP contribution in [0.4, 0.5) is 5.69 Å². The van der Waals surface area contributed by atoms with E-state index in [-0.39, 0.29) is 0 Å². The summed E-state index contributed by atoms with van der Waals surface area (Å²) < 4.78 is 1.99. The minimum atomic E-state index is 0.331. The van der Waals surface area contributed by atoms with Gasteiger partial charge in [0.2, 0.25) is 0 Å². The van der Waals surface area contributed by atoms with Gasteiger partial charge in [-0.1, -0.05) is 39.0 Å². The Balaban J connectivity index is 2.14. The van der Waals surface area contributed by atoms with E-state index in [2.05, 4.69) is 32.1 Å². The Morgan fingerprint density at radius 1 is 1.22 bits per heavy atom. The highest BCUT2D eigenvalue weighted by atomic mass is 15.3. The van der Waals surface area contributed by atoms with Gasteiger partial charge in [0.1, 0.15) is 0 Å². The van der Waals surface area contributed by atoms with Crippen molar-refractivity contribution in [3.63, 3.8) is 0 Å². The predicted molar refractivity (Wildman–Crippen MR) is 76.1 cm³/mol. The zero-order chi connectivity index (χ0) is 13.2. The molecular formula is C15H21N3. The highest BCUT2D eigenvalue weighted by Gasteiger charge is 2.11. The number of benzene rings is 1. The highest BCUT2D eigenvalue weighted by molar-refractivity contribution is 5.75. The van der Waals surface area contributed by atoms with Gasteiger partial charge in [-0.05, 0) is 17.9 Å². The van der Waals surface area contributed by atoms with E-state index in [9.17, 15) is 0 Å². The molecule has 0 aliphatic rings. The van der Waals surface area contributed by atoms with E-state index in [1.54, 1.807) is 0 Å². The van der Waals surface area contributed by atoms with Crippen LogP contribution < -0.4 is 5.73 Å². The number of para-hydroxylation sites is 1. The quantitative estimate of drug-likeness (QED) is 0.837. The summed E-state index contributed by atoms with van der Waals surface area (Å²) in [5.74, 6) is 0. The average molecular weight is 243 g/mol. The van der Waals surface area contributed by atoms with Crippen molar-refractivity contribution in [2.75, 3.05) is 5.73 Å². The lowest BCUT2D eigenvalue weighted by atomic mass is 9.92. The van der Waals surface area contributed by atoms with E-state index in [0.717, 1.165) is 29.8 Å². The Labute approximate surface area is 109 Å². The smallest absolute Gasteiger partial charge is 0.0569 e. The standard InChI is InChI=1S/C15H21N3/c1-15(2,3)8-9-18-11-12(10-17-18)13-6-4-5-7-14(13)16/h4-7,10-11H,8-9,16H2,1-3H3. The third-order valence-corrected chi connectivity index (χ3v) is 3.00. The largest absolute Gasteiger partial charge is 0.398 e. The fourth-order valence-electron chi connectivity index (χ4n) is 1.83. The molecule has 0 saturated heterocycles. The second kappa shape index (κ2) is 4.84. The molecule has 0 aliphatic carbocycles. The fourth-order valence-corrected chi connectivity index (χ4v) is 1.83. The topological polar surface area (TPSA) is 43.8 Å². The van der Waals surface area contributed by atoms with Crippen molar-refractivity contribution >= 4 is 5.69 Å². The number of nitrogen functional groups attached to an aromatic ring is 1. The molecule has 96 valence electrons. The van der Waals surface area contributed by atoms with Crippen LogP contribution in [0.25, 0.3) is 11.1 Å². The van der Waals surface area contributed by atoms with Crippen molar-refractivity contribution in [2.45, 2.75) is 33.7 Å². The molecule has 0 amide bonds. The van der Waals surface area contributed by atoms with E-state index in [0.29, 0.717) is 5.41 Å². The van der Waals surface area contributed by atoms with Crippen molar-refractivity contribution in [3.8, 4) is 11.1 Å². The molecule has 0 atom stereocenters. The SMILES string of the molecule is CC(C)(C)CCn1cc(-c2ccccc2N)cn1. The van der Waals surface area contributed by atoms with Gasteiger partial charge in [-0.25, -0.2) is 0 Å². The van der Waals surface area contributed by atoms with Gasteiger partial charge >= 0.3 is 0 Å². The maximum Gasteiger partial charge on any atom is 0.0569 e. The third kappa shape index (κ3) is 3.13. The van der Waals surface area contributed by atoms with Gasteiger partial charge < -0.3 is 5.73 Å². The minimum absolute atomic E-state index is 0.331. The molecule has 1 aromatic carbocycles. The molecule has 0 saturated carbocycles. The first-order valence-electron chi connectivity index (χ1n) is 6.33. The zero-order valence-electron chi connectivity index (χ0n) is 11.4. The van der Waals surface area contributed by atoms with Crippen LogP contribution in [-0.2, 0) is 6.54 Å². The van der Waals surface area contributed by atoms with E-state index in [1.807, 2.05) is 35.1 Å². The molecule has 2 rings (SSSR count). The molecule has 3 nitrogen and oxygen atoms in total. The summed E-state index contributed by atoms with van der Waals surface area (Å²) in [5.41, 5.74) is 9.24. The number of anilines is 1. The Hall–Kier alpha value is -1.77. The number of aromatic nitrogens is 2. The summed E-state index contributed by atoms with van der Waals surface area (Å²) >= 11 is 0. The van der Waals surface area contributed by atoms with Crippen LogP contribution in [0.3, 0.4) is 0 Å². The second-order valence-electron chi connectivity index (χ2n) is 5.89. The minimum Gasteiger partial charge on any atom is -0.398 e. The number of aryl methyl sites for hydroxylation is 1. The predicted octanol–water partition coefficient (Wildman–Crippen LogP) is 3.57. The summed E-state index contributed by atoms with van der Waals surface area (Å²) in [6.07, 6.45) is 5.06. The van der Waals surface area contributed by atoms with Crippen LogP contribution in [0, 0.1) is 5.41 Å². The van der Waals surface area contributed by atoms with Crippen molar-refractivity contribution < 1.29 is 0 Å². The van der Waals surface area contributed by atoms with Gasteiger partial charge in [0.25, 0.3) is 0 Å².